The standard InChI is InChI=1S/C12H16N4O3/c13-11-1-2-12(15(3-5-17)4-6-18)9-7-14-16(19)8-10(9)11/h1-2,7-8,13,17-19H,3-6H2. The van der Waals surface area contributed by atoms with Gasteiger partial charge in [0.15, 0.2) is 0 Å². The van der Waals surface area contributed by atoms with Crippen molar-refractivity contribution in [2.75, 3.05) is 31.2 Å². The minimum Gasteiger partial charge on any atom is -0.412 e. The Kier molecular flexibility index (Phi) is 3.98. The molecule has 1 aliphatic carbocycles. The molecule has 4 N–H and O–H groups in total. The van der Waals surface area contributed by atoms with E-state index < -0.39 is 0 Å². The number of fused-ring (bicyclic) bond motifs is 1. The Morgan fingerprint density at radius 1 is 1.16 bits per heavy atom. The van der Waals surface area contributed by atoms with E-state index in [4.69, 9.17) is 15.6 Å². The quantitative estimate of drug-likeness (QED) is 0.545. The summed E-state index contributed by atoms with van der Waals surface area (Å²) in [6, 6.07) is 3.36. The van der Waals surface area contributed by atoms with Gasteiger partial charge in [0.2, 0.25) is 0 Å². The van der Waals surface area contributed by atoms with E-state index in [1.54, 1.807) is 12.1 Å². The summed E-state index contributed by atoms with van der Waals surface area (Å²) in [5.41, 5.74) is 2.01. The highest BCUT2D eigenvalue weighted by molar-refractivity contribution is 5.78. The lowest BCUT2D eigenvalue weighted by Gasteiger charge is -2.26. The maximum absolute atomic E-state index is 9.32. The van der Waals surface area contributed by atoms with Crippen molar-refractivity contribution in [3.05, 3.63) is 29.9 Å². The molecular formula is C12H16N4O3. The summed E-state index contributed by atoms with van der Waals surface area (Å²) in [5.74, 6) is 0. The smallest absolute Gasteiger partial charge is 0.0749 e. The molecule has 7 nitrogen and oxygen atoms in total. The van der Waals surface area contributed by atoms with E-state index in [-0.39, 0.29) is 18.6 Å². The van der Waals surface area contributed by atoms with Crippen LogP contribution in [0.5, 0.6) is 0 Å². The van der Waals surface area contributed by atoms with Gasteiger partial charge in [-0.1, -0.05) is 0 Å². The second-order valence-corrected chi connectivity index (χ2v) is 4.09. The minimum absolute atomic E-state index is 0.0373. The Balaban J connectivity index is 2.54. The Morgan fingerprint density at radius 2 is 1.84 bits per heavy atom. The molecule has 0 saturated carbocycles. The number of aliphatic hydroxyl groups excluding tert-OH is 2. The second kappa shape index (κ2) is 5.68. The zero-order valence-electron chi connectivity index (χ0n) is 10.3. The molecular weight excluding hydrogens is 248 g/mol. The highest BCUT2D eigenvalue weighted by Crippen LogP contribution is 2.28. The van der Waals surface area contributed by atoms with Gasteiger partial charge in [0, 0.05) is 29.9 Å². The second-order valence-electron chi connectivity index (χ2n) is 4.09. The number of hydrogen-bond donors (Lipinski definition) is 4. The van der Waals surface area contributed by atoms with E-state index in [1.807, 2.05) is 4.90 Å². The first kappa shape index (κ1) is 13.3. The van der Waals surface area contributed by atoms with Crippen LogP contribution in [-0.4, -0.2) is 51.7 Å². The van der Waals surface area contributed by atoms with E-state index in [0.717, 1.165) is 5.69 Å². The molecule has 0 unspecified atom stereocenters. The molecule has 0 amide bonds. The molecule has 0 bridgehead atoms. The van der Waals surface area contributed by atoms with Crippen LogP contribution in [0.4, 0.5) is 5.69 Å². The number of nitrogens with one attached hydrogen (secondary N) is 1. The van der Waals surface area contributed by atoms with Crippen molar-refractivity contribution >= 4 is 5.69 Å². The lowest BCUT2D eigenvalue weighted by molar-refractivity contribution is 0.144. The van der Waals surface area contributed by atoms with Crippen molar-refractivity contribution in [2.45, 2.75) is 0 Å². The Morgan fingerprint density at radius 3 is 2.47 bits per heavy atom. The molecule has 0 radical (unpaired) electrons. The zero-order chi connectivity index (χ0) is 13.8. The van der Waals surface area contributed by atoms with Crippen molar-refractivity contribution in [2.24, 2.45) is 0 Å². The monoisotopic (exact) mass is 264 g/mol. The summed E-state index contributed by atoms with van der Waals surface area (Å²) >= 11 is 0. The number of rotatable bonds is 5. The van der Waals surface area contributed by atoms with E-state index >= 15 is 0 Å². The van der Waals surface area contributed by atoms with Crippen LogP contribution in [0, 0.1) is 5.41 Å². The van der Waals surface area contributed by atoms with Gasteiger partial charge in [0.25, 0.3) is 0 Å². The van der Waals surface area contributed by atoms with E-state index in [9.17, 15) is 5.21 Å². The maximum Gasteiger partial charge on any atom is 0.0749 e. The number of hydrogen-bond acceptors (Lipinski definition) is 6. The van der Waals surface area contributed by atoms with Gasteiger partial charge >= 0.3 is 0 Å². The Labute approximate surface area is 109 Å². The van der Waals surface area contributed by atoms with Crippen LogP contribution in [0.2, 0.25) is 0 Å². The third-order valence-corrected chi connectivity index (χ3v) is 2.89. The molecule has 1 aliphatic heterocycles. The van der Waals surface area contributed by atoms with Crippen molar-refractivity contribution in [1.82, 2.24) is 9.94 Å². The maximum atomic E-state index is 9.32. The van der Waals surface area contributed by atoms with Crippen LogP contribution in [0.15, 0.2) is 24.5 Å². The van der Waals surface area contributed by atoms with Gasteiger partial charge in [0.1, 0.15) is 0 Å². The van der Waals surface area contributed by atoms with Gasteiger partial charge in [-0.2, -0.15) is 0 Å². The average Bonchev–Trinajstić information content (AvgIpc) is 2.40. The van der Waals surface area contributed by atoms with Crippen LogP contribution in [0.1, 0.15) is 0 Å². The molecule has 7 heteroatoms. The molecule has 0 fully saturated rings. The molecule has 0 spiro atoms. The number of anilines is 1. The SMILES string of the molecule is N=c1ccc(N(CCO)CCO)c2cnn(O)cc1-2. The lowest BCUT2D eigenvalue weighted by atomic mass is 10.0. The van der Waals surface area contributed by atoms with Crippen LogP contribution in [0.3, 0.4) is 0 Å². The lowest BCUT2D eigenvalue weighted by Crippen LogP contribution is -2.31. The van der Waals surface area contributed by atoms with Gasteiger partial charge in [-0.05, 0) is 12.1 Å². The van der Waals surface area contributed by atoms with Gasteiger partial charge in [-0.3, -0.25) is 0 Å². The van der Waals surface area contributed by atoms with E-state index in [2.05, 4.69) is 5.10 Å². The Hall–Kier alpha value is -2.12. The molecule has 102 valence electrons. The van der Waals surface area contributed by atoms with Gasteiger partial charge in [0.05, 0.1) is 31.0 Å². The van der Waals surface area contributed by atoms with Crippen molar-refractivity contribution in [3.8, 4) is 11.1 Å². The van der Waals surface area contributed by atoms with Crippen LogP contribution >= 0.6 is 0 Å². The highest BCUT2D eigenvalue weighted by atomic mass is 16.5. The largest absolute Gasteiger partial charge is 0.412 e. The highest BCUT2D eigenvalue weighted by Gasteiger charge is 2.15. The predicted octanol–water partition coefficient (Wildman–Crippen LogP) is -0.504. The number of aromatic nitrogens is 2. The van der Waals surface area contributed by atoms with Crippen molar-refractivity contribution < 1.29 is 15.4 Å². The van der Waals surface area contributed by atoms with Crippen molar-refractivity contribution in [1.29, 1.82) is 5.41 Å². The first-order chi connectivity index (χ1) is 9.17. The summed E-state index contributed by atoms with van der Waals surface area (Å²) in [4.78, 5) is 2.47. The summed E-state index contributed by atoms with van der Waals surface area (Å²) < 4.78 is 0. The summed E-state index contributed by atoms with van der Waals surface area (Å²) in [6.45, 7) is 0.677. The fraction of sp³-hybridized carbons (Fsp3) is 0.333. The van der Waals surface area contributed by atoms with Gasteiger partial charge < -0.3 is 25.7 Å². The third-order valence-electron chi connectivity index (χ3n) is 2.89. The molecule has 19 heavy (non-hydrogen) atoms. The normalized spacial score (nSPS) is 10.8. The van der Waals surface area contributed by atoms with Gasteiger partial charge in [-0.25, -0.2) is 0 Å². The molecule has 1 heterocycles. The predicted molar refractivity (Wildman–Crippen MR) is 68.3 cm³/mol. The first-order valence-electron chi connectivity index (χ1n) is 5.89. The van der Waals surface area contributed by atoms with Gasteiger partial charge in [-0.15, -0.1) is 9.94 Å². The number of aliphatic hydroxyl groups is 2. The average molecular weight is 264 g/mol. The summed E-state index contributed by atoms with van der Waals surface area (Å²) in [6.07, 6.45) is 2.82. The summed E-state index contributed by atoms with van der Waals surface area (Å²) in [5, 5.41) is 39.3. The fourth-order valence-corrected chi connectivity index (χ4v) is 2.04. The molecule has 2 rings (SSSR count). The molecule has 0 aromatic rings. The first-order valence-corrected chi connectivity index (χ1v) is 5.89. The number of benzene rings is 1. The fourth-order valence-electron chi connectivity index (χ4n) is 2.04. The third kappa shape index (κ3) is 2.67. The van der Waals surface area contributed by atoms with Crippen LogP contribution in [-0.2, 0) is 0 Å². The molecule has 0 aromatic heterocycles. The van der Waals surface area contributed by atoms with Crippen LogP contribution in [0.25, 0.3) is 11.1 Å². The molecule has 0 saturated heterocycles. The van der Waals surface area contributed by atoms with Crippen LogP contribution < -0.4 is 10.3 Å². The van der Waals surface area contributed by atoms with Crippen molar-refractivity contribution in [3.63, 3.8) is 0 Å². The summed E-state index contributed by atoms with van der Waals surface area (Å²) in [7, 11) is 0. The number of nitrogens with zero attached hydrogens (tertiary/aromatic N) is 3. The molecule has 0 aromatic carbocycles. The zero-order valence-corrected chi connectivity index (χ0v) is 10.3. The van der Waals surface area contributed by atoms with E-state index in [1.165, 1.54) is 12.4 Å². The topological polar surface area (TPSA) is 106 Å². The minimum atomic E-state index is -0.0373. The van der Waals surface area contributed by atoms with E-state index in [0.29, 0.717) is 29.1 Å². The molecule has 0 atom stereocenters. The molecule has 2 aliphatic rings. The Bertz CT molecular complexity index is 578.